The van der Waals surface area contributed by atoms with Crippen molar-refractivity contribution in [3.8, 4) is 0 Å². The maximum absolute atomic E-state index is 13.1. The minimum atomic E-state index is -0.245. The van der Waals surface area contributed by atoms with Crippen LogP contribution in [0.5, 0.6) is 0 Å². The van der Waals surface area contributed by atoms with Crippen molar-refractivity contribution in [1.82, 2.24) is 15.1 Å². The highest BCUT2D eigenvalue weighted by Gasteiger charge is 2.14. The van der Waals surface area contributed by atoms with Crippen LogP contribution in [0.1, 0.15) is 43.1 Å². The Bertz CT molecular complexity index is 662. The molecule has 2 aromatic rings. The van der Waals surface area contributed by atoms with Gasteiger partial charge in [0.1, 0.15) is 5.82 Å². The average Bonchev–Trinajstić information content (AvgIpc) is 2.89. The number of benzene rings is 1. The molecule has 0 atom stereocenters. The van der Waals surface area contributed by atoms with Gasteiger partial charge in [-0.1, -0.05) is 31.9 Å². The summed E-state index contributed by atoms with van der Waals surface area (Å²) in [5.74, 6) is -0.309. The van der Waals surface area contributed by atoms with Gasteiger partial charge in [0.2, 0.25) is 5.91 Å². The molecule has 0 fully saturated rings. The third kappa shape index (κ3) is 5.98. The molecule has 0 aliphatic carbocycles. The highest BCUT2D eigenvalue weighted by molar-refractivity contribution is 5.93. The fourth-order valence-corrected chi connectivity index (χ4v) is 2.76. The molecule has 136 valence electrons. The number of H-pyrrole nitrogens is 1. The number of anilines is 1. The first-order chi connectivity index (χ1) is 12.0. The van der Waals surface area contributed by atoms with E-state index in [9.17, 15) is 9.18 Å². The number of aromatic amines is 1. The lowest BCUT2D eigenvalue weighted by Crippen LogP contribution is -2.33. The summed E-state index contributed by atoms with van der Waals surface area (Å²) in [6.45, 7) is 7.65. The van der Waals surface area contributed by atoms with Crippen molar-refractivity contribution in [3.63, 3.8) is 0 Å². The highest BCUT2D eigenvalue weighted by atomic mass is 19.1. The molecule has 1 heterocycles. The summed E-state index contributed by atoms with van der Waals surface area (Å²) in [7, 11) is 0. The van der Waals surface area contributed by atoms with Crippen molar-refractivity contribution in [1.29, 1.82) is 0 Å². The number of amides is 1. The van der Waals surface area contributed by atoms with E-state index in [4.69, 9.17) is 0 Å². The van der Waals surface area contributed by atoms with Crippen molar-refractivity contribution in [2.45, 2.75) is 46.6 Å². The van der Waals surface area contributed by atoms with Crippen LogP contribution in [0.25, 0.3) is 0 Å². The van der Waals surface area contributed by atoms with E-state index in [1.165, 1.54) is 12.1 Å². The van der Waals surface area contributed by atoms with Gasteiger partial charge >= 0.3 is 0 Å². The summed E-state index contributed by atoms with van der Waals surface area (Å²) >= 11 is 0. The van der Waals surface area contributed by atoms with Crippen LogP contribution in [-0.4, -0.2) is 34.1 Å². The fraction of sp³-hybridized carbons (Fsp3) is 0.474. The van der Waals surface area contributed by atoms with E-state index >= 15 is 0 Å². The minimum Gasteiger partial charge on any atom is -0.322 e. The van der Waals surface area contributed by atoms with Crippen LogP contribution >= 0.6 is 0 Å². The lowest BCUT2D eigenvalue weighted by Gasteiger charge is -2.22. The number of halogens is 1. The second kappa shape index (κ2) is 9.32. The zero-order valence-corrected chi connectivity index (χ0v) is 15.2. The summed E-state index contributed by atoms with van der Waals surface area (Å²) in [5.41, 5.74) is 3.38. The van der Waals surface area contributed by atoms with Gasteiger partial charge < -0.3 is 5.32 Å². The zero-order chi connectivity index (χ0) is 18.2. The second-order valence-corrected chi connectivity index (χ2v) is 6.40. The van der Waals surface area contributed by atoms with Gasteiger partial charge in [-0.2, -0.15) is 5.10 Å². The Morgan fingerprint density at radius 2 is 1.96 bits per heavy atom. The molecule has 1 amide bonds. The Kier molecular flexibility index (Phi) is 7.13. The lowest BCUT2D eigenvalue weighted by molar-refractivity contribution is -0.117. The molecule has 0 radical (unpaired) electrons. The molecule has 0 saturated carbocycles. The zero-order valence-electron chi connectivity index (χ0n) is 15.2. The van der Waals surface area contributed by atoms with Crippen molar-refractivity contribution in [2.75, 3.05) is 18.4 Å². The van der Waals surface area contributed by atoms with Gasteiger partial charge in [0.05, 0.1) is 23.6 Å². The molecule has 2 N–H and O–H groups in total. The molecule has 0 bridgehead atoms. The number of carbonyl (C=O) groups excluding carboxylic acids is 1. The smallest absolute Gasteiger partial charge is 0.238 e. The maximum Gasteiger partial charge on any atom is 0.238 e. The van der Waals surface area contributed by atoms with Crippen LogP contribution in [0.4, 0.5) is 10.1 Å². The second-order valence-electron chi connectivity index (χ2n) is 6.40. The van der Waals surface area contributed by atoms with Gasteiger partial charge in [-0.25, -0.2) is 4.39 Å². The van der Waals surface area contributed by atoms with Gasteiger partial charge in [-0.05, 0) is 44.5 Å². The van der Waals surface area contributed by atoms with Crippen LogP contribution in [0.2, 0.25) is 0 Å². The first kappa shape index (κ1) is 19.1. The average molecular weight is 346 g/mol. The van der Waals surface area contributed by atoms with Crippen molar-refractivity contribution < 1.29 is 9.18 Å². The summed E-state index contributed by atoms with van der Waals surface area (Å²) in [5, 5.41) is 9.90. The monoisotopic (exact) mass is 346 g/mol. The molecule has 5 nitrogen and oxygen atoms in total. The van der Waals surface area contributed by atoms with Crippen LogP contribution in [0, 0.1) is 19.7 Å². The SMILES string of the molecule is CCCCCN(CC(=O)Nc1c(C)n[nH]c1C)Cc1ccc(F)cc1. The van der Waals surface area contributed by atoms with E-state index in [0.717, 1.165) is 48.4 Å². The van der Waals surface area contributed by atoms with Crippen LogP contribution in [0.15, 0.2) is 24.3 Å². The summed E-state index contributed by atoms with van der Waals surface area (Å²) in [4.78, 5) is 14.5. The Morgan fingerprint density at radius 3 is 2.56 bits per heavy atom. The van der Waals surface area contributed by atoms with E-state index in [1.54, 1.807) is 12.1 Å². The number of rotatable bonds is 9. The van der Waals surface area contributed by atoms with Crippen molar-refractivity contribution in [2.24, 2.45) is 0 Å². The van der Waals surface area contributed by atoms with Crippen LogP contribution < -0.4 is 5.32 Å². The lowest BCUT2D eigenvalue weighted by atomic mass is 10.2. The number of unbranched alkanes of at least 4 members (excludes halogenated alkanes) is 2. The van der Waals surface area contributed by atoms with Gasteiger partial charge in [0.15, 0.2) is 0 Å². The first-order valence-electron chi connectivity index (χ1n) is 8.77. The Morgan fingerprint density at radius 1 is 1.24 bits per heavy atom. The predicted molar refractivity (Wildman–Crippen MR) is 97.9 cm³/mol. The normalized spacial score (nSPS) is 11.1. The third-order valence-electron chi connectivity index (χ3n) is 4.16. The number of nitrogens with one attached hydrogen (secondary N) is 2. The first-order valence-corrected chi connectivity index (χ1v) is 8.77. The maximum atomic E-state index is 13.1. The highest BCUT2D eigenvalue weighted by Crippen LogP contribution is 2.16. The minimum absolute atomic E-state index is 0.0637. The summed E-state index contributed by atoms with van der Waals surface area (Å²) < 4.78 is 13.1. The molecule has 0 aliphatic rings. The van der Waals surface area contributed by atoms with E-state index in [1.807, 2.05) is 13.8 Å². The predicted octanol–water partition coefficient (Wildman–Crippen LogP) is 3.80. The van der Waals surface area contributed by atoms with Gasteiger partial charge in [-0.15, -0.1) is 0 Å². The Balaban J connectivity index is 1.99. The molecular formula is C19H27FN4O. The Hall–Kier alpha value is -2.21. The fourth-order valence-electron chi connectivity index (χ4n) is 2.76. The van der Waals surface area contributed by atoms with Gasteiger partial charge in [-0.3, -0.25) is 14.8 Å². The van der Waals surface area contributed by atoms with Crippen LogP contribution in [0.3, 0.4) is 0 Å². The van der Waals surface area contributed by atoms with Crippen LogP contribution in [-0.2, 0) is 11.3 Å². The van der Waals surface area contributed by atoms with E-state index in [2.05, 4.69) is 27.3 Å². The van der Waals surface area contributed by atoms with Crippen molar-refractivity contribution >= 4 is 11.6 Å². The molecule has 1 aromatic carbocycles. The number of carbonyl (C=O) groups is 1. The molecule has 25 heavy (non-hydrogen) atoms. The van der Waals surface area contributed by atoms with Gasteiger partial charge in [0.25, 0.3) is 0 Å². The molecule has 1 aromatic heterocycles. The summed E-state index contributed by atoms with van der Waals surface area (Å²) in [6.07, 6.45) is 3.29. The van der Waals surface area contributed by atoms with E-state index < -0.39 is 0 Å². The molecule has 0 aliphatic heterocycles. The topological polar surface area (TPSA) is 61.0 Å². The van der Waals surface area contributed by atoms with E-state index in [-0.39, 0.29) is 11.7 Å². The molecule has 0 unspecified atom stereocenters. The molecule has 0 spiro atoms. The third-order valence-corrected chi connectivity index (χ3v) is 4.16. The molecule has 6 heteroatoms. The quantitative estimate of drug-likeness (QED) is 0.679. The molecule has 2 rings (SSSR count). The van der Waals surface area contributed by atoms with E-state index in [0.29, 0.717) is 13.1 Å². The molecular weight excluding hydrogens is 319 g/mol. The number of nitrogens with zero attached hydrogens (tertiary/aromatic N) is 2. The van der Waals surface area contributed by atoms with Gasteiger partial charge in [0, 0.05) is 6.54 Å². The summed E-state index contributed by atoms with van der Waals surface area (Å²) in [6, 6.07) is 6.45. The number of hydrogen-bond donors (Lipinski definition) is 2. The Labute approximate surface area is 148 Å². The number of aryl methyl sites for hydroxylation is 2. The standard InChI is InChI=1S/C19H27FN4O/c1-4-5-6-11-24(12-16-7-9-17(20)10-8-16)13-18(25)21-19-14(2)22-23-15(19)3/h7-10H,4-6,11-13H2,1-3H3,(H,21,25)(H,22,23). The number of hydrogen-bond acceptors (Lipinski definition) is 3. The number of aromatic nitrogens is 2. The van der Waals surface area contributed by atoms with Crippen molar-refractivity contribution in [3.05, 3.63) is 47.0 Å². The molecule has 0 saturated heterocycles. The largest absolute Gasteiger partial charge is 0.322 e.